The second-order valence-electron chi connectivity index (χ2n) is 1.70. The third-order valence-electron chi connectivity index (χ3n) is 1.08. The quantitative estimate of drug-likeness (QED) is 0.498. The fourth-order valence-corrected chi connectivity index (χ4v) is 0.656. The van der Waals surface area contributed by atoms with Crippen molar-refractivity contribution in [2.75, 3.05) is 0 Å². The number of aromatic nitrogens is 5. The van der Waals surface area contributed by atoms with Crippen molar-refractivity contribution in [1.29, 1.82) is 0 Å². The highest BCUT2D eigenvalue weighted by Gasteiger charge is 1.92. The summed E-state index contributed by atoms with van der Waals surface area (Å²) in [5, 5.41) is 14.7. The number of hydrogen-bond acceptors (Lipinski definition) is 5. The molecule has 10 heavy (non-hydrogen) atoms. The Morgan fingerprint density at radius 1 is 1.10 bits per heavy atom. The van der Waals surface area contributed by atoms with Gasteiger partial charge in [0.25, 0.3) is 0 Å². The molecular weight excluding hydrogens is 130 g/mol. The van der Waals surface area contributed by atoms with Gasteiger partial charge in [0.05, 0.1) is 6.20 Å². The summed E-state index contributed by atoms with van der Waals surface area (Å²) in [4.78, 5) is 3.83. The van der Waals surface area contributed by atoms with Crippen LogP contribution in [0.3, 0.4) is 0 Å². The van der Waals surface area contributed by atoms with Crippen LogP contribution in [0.25, 0.3) is 11.2 Å². The van der Waals surface area contributed by atoms with E-state index in [0.29, 0.717) is 11.2 Å². The molecule has 0 aromatic carbocycles. The molecule has 48 valence electrons. The summed E-state index contributed by atoms with van der Waals surface area (Å²) in [6.07, 6.45) is 2.90. The third kappa shape index (κ3) is 0.680. The van der Waals surface area contributed by atoms with Crippen molar-refractivity contribution in [2.45, 2.75) is 0 Å². The van der Waals surface area contributed by atoms with E-state index in [1.165, 1.54) is 6.33 Å². The minimum atomic E-state index is 0.525. The Bertz CT molecular complexity index is 281. The SMILES string of the molecule is c1cc2nncnc2nn1. The van der Waals surface area contributed by atoms with Crippen LogP contribution in [0.2, 0.25) is 0 Å². The van der Waals surface area contributed by atoms with Crippen LogP contribution in [0.4, 0.5) is 0 Å². The number of nitrogens with zero attached hydrogens (tertiary/aromatic N) is 5. The Kier molecular flexibility index (Phi) is 1.00. The molecule has 0 unspecified atom stereocenters. The molecule has 0 aliphatic heterocycles. The lowest BCUT2D eigenvalue weighted by atomic mass is 10.5. The Hall–Kier alpha value is -1.65. The molecule has 5 nitrogen and oxygen atoms in total. The molecule has 0 bridgehead atoms. The van der Waals surface area contributed by atoms with Crippen LogP contribution in [0.15, 0.2) is 18.6 Å². The van der Waals surface area contributed by atoms with Crippen LogP contribution in [0, 0.1) is 0 Å². The smallest absolute Gasteiger partial charge is 0.203 e. The average Bonchev–Trinajstić information content (AvgIpc) is 2.05. The van der Waals surface area contributed by atoms with Crippen LogP contribution < -0.4 is 0 Å². The fourth-order valence-electron chi connectivity index (χ4n) is 0.656. The first-order valence-electron chi connectivity index (χ1n) is 2.72. The number of fused-ring (bicyclic) bond motifs is 1. The molecule has 2 aromatic rings. The van der Waals surface area contributed by atoms with E-state index in [9.17, 15) is 0 Å². The van der Waals surface area contributed by atoms with Gasteiger partial charge < -0.3 is 0 Å². The van der Waals surface area contributed by atoms with E-state index in [0.717, 1.165) is 0 Å². The van der Waals surface area contributed by atoms with Gasteiger partial charge in [-0.15, -0.1) is 15.3 Å². The van der Waals surface area contributed by atoms with Crippen molar-refractivity contribution < 1.29 is 0 Å². The van der Waals surface area contributed by atoms with Gasteiger partial charge in [0, 0.05) is 0 Å². The van der Waals surface area contributed by atoms with Crippen LogP contribution in [0.1, 0.15) is 0 Å². The molecule has 0 atom stereocenters. The lowest BCUT2D eigenvalue weighted by Gasteiger charge is -1.87. The largest absolute Gasteiger partial charge is 0.211 e. The molecule has 2 heterocycles. The first-order chi connectivity index (χ1) is 4.97. The number of hydrogen-bond donors (Lipinski definition) is 0. The van der Waals surface area contributed by atoms with Gasteiger partial charge in [-0.05, 0) is 6.07 Å². The maximum atomic E-state index is 3.83. The van der Waals surface area contributed by atoms with Crippen molar-refractivity contribution in [3.05, 3.63) is 18.6 Å². The molecule has 0 amide bonds. The molecule has 0 saturated heterocycles. The van der Waals surface area contributed by atoms with E-state index in [2.05, 4.69) is 25.4 Å². The molecule has 2 rings (SSSR count). The van der Waals surface area contributed by atoms with Crippen molar-refractivity contribution in [3.63, 3.8) is 0 Å². The molecule has 0 fully saturated rings. The average molecular weight is 133 g/mol. The Labute approximate surface area is 56.1 Å². The topological polar surface area (TPSA) is 64.5 Å². The van der Waals surface area contributed by atoms with Gasteiger partial charge in [-0.2, -0.15) is 5.10 Å². The van der Waals surface area contributed by atoms with Crippen molar-refractivity contribution in [1.82, 2.24) is 25.4 Å². The van der Waals surface area contributed by atoms with Crippen LogP contribution in [0.5, 0.6) is 0 Å². The summed E-state index contributed by atoms with van der Waals surface area (Å²) in [6.45, 7) is 0. The fraction of sp³-hybridized carbons (Fsp3) is 0. The second kappa shape index (κ2) is 1.94. The van der Waals surface area contributed by atoms with E-state index < -0.39 is 0 Å². The van der Waals surface area contributed by atoms with Gasteiger partial charge in [-0.25, -0.2) is 4.98 Å². The van der Waals surface area contributed by atoms with E-state index in [1.54, 1.807) is 12.3 Å². The first-order valence-corrected chi connectivity index (χ1v) is 2.72. The Morgan fingerprint density at radius 3 is 3.00 bits per heavy atom. The molecule has 2 aromatic heterocycles. The van der Waals surface area contributed by atoms with E-state index in [4.69, 9.17) is 0 Å². The van der Waals surface area contributed by atoms with Gasteiger partial charge in [0.15, 0.2) is 0 Å². The normalized spacial score (nSPS) is 10.0. The van der Waals surface area contributed by atoms with Crippen molar-refractivity contribution in [3.8, 4) is 0 Å². The van der Waals surface area contributed by atoms with E-state index in [1.807, 2.05) is 0 Å². The maximum Gasteiger partial charge on any atom is 0.203 e. The van der Waals surface area contributed by atoms with E-state index in [-0.39, 0.29) is 0 Å². The summed E-state index contributed by atoms with van der Waals surface area (Å²) in [6, 6.07) is 1.71. The standard InChI is InChI=1S/C5H3N5/c1-2-7-10-5-4(1)9-8-3-6-5/h1-3H. The van der Waals surface area contributed by atoms with Crippen molar-refractivity contribution >= 4 is 11.2 Å². The second-order valence-corrected chi connectivity index (χ2v) is 1.70. The summed E-state index contributed by atoms with van der Waals surface area (Å²) in [5.41, 5.74) is 1.19. The zero-order valence-electron chi connectivity index (χ0n) is 4.97. The molecular formula is C5H3N5. The molecule has 0 saturated carbocycles. The van der Waals surface area contributed by atoms with Crippen molar-refractivity contribution in [2.24, 2.45) is 0 Å². The highest BCUT2D eigenvalue weighted by atomic mass is 15.2. The van der Waals surface area contributed by atoms with Gasteiger partial charge in [-0.3, -0.25) is 0 Å². The summed E-state index contributed by atoms with van der Waals surface area (Å²) >= 11 is 0. The minimum absolute atomic E-state index is 0.525. The first kappa shape index (κ1) is 5.16. The lowest BCUT2D eigenvalue weighted by molar-refractivity contribution is 0.971. The van der Waals surface area contributed by atoms with Crippen LogP contribution in [-0.4, -0.2) is 25.4 Å². The molecule has 5 heteroatoms. The predicted molar refractivity (Wildman–Crippen MR) is 32.9 cm³/mol. The summed E-state index contributed by atoms with van der Waals surface area (Å²) < 4.78 is 0. The predicted octanol–water partition coefficient (Wildman–Crippen LogP) is -0.185. The molecule has 0 radical (unpaired) electrons. The minimum Gasteiger partial charge on any atom is -0.211 e. The molecule has 0 aliphatic carbocycles. The van der Waals surface area contributed by atoms with Crippen LogP contribution >= 0.6 is 0 Å². The third-order valence-corrected chi connectivity index (χ3v) is 1.08. The Balaban J connectivity index is 2.89. The molecule has 0 N–H and O–H groups in total. The van der Waals surface area contributed by atoms with Gasteiger partial charge in [0.2, 0.25) is 5.65 Å². The zero-order valence-corrected chi connectivity index (χ0v) is 4.97. The van der Waals surface area contributed by atoms with Crippen LogP contribution in [-0.2, 0) is 0 Å². The number of rotatable bonds is 0. The van der Waals surface area contributed by atoms with E-state index >= 15 is 0 Å². The molecule has 0 spiro atoms. The summed E-state index contributed by atoms with van der Waals surface area (Å²) in [5.74, 6) is 0. The van der Waals surface area contributed by atoms with Gasteiger partial charge in [0.1, 0.15) is 11.8 Å². The monoisotopic (exact) mass is 133 g/mol. The molecule has 0 aliphatic rings. The summed E-state index contributed by atoms with van der Waals surface area (Å²) in [7, 11) is 0. The maximum absolute atomic E-state index is 3.83. The zero-order chi connectivity index (χ0) is 6.81. The van der Waals surface area contributed by atoms with Gasteiger partial charge >= 0.3 is 0 Å². The highest BCUT2D eigenvalue weighted by Crippen LogP contribution is 1.97. The Morgan fingerprint density at radius 2 is 2.10 bits per heavy atom. The highest BCUT2D eigenvalue weighted by molar-refractivity contribution is 5.66. The lowest BCUT2D eigenvalue weighted by Crippen LogP contribution is -1.90. The van der Waals surface area contributed by atoms with Gasteiger partial charge in [-0.1, -0.05) is 0 Å².